The van der Waals surface area contributed by atoms with Crippen LogP contribution in [0.3, 0.4) is 0 Å². The molecule has 1 fully saturated rings. The molecule has 120 valence electrons. The first-order valence-corrected chi connectivity index (χ1v) is 9.54. The van der Waals surface area contributed by atoms with Crippen LogP contribution < -0.4 is 4.72 Å². The molecule has 6 nitrogen and oxygen atoms in total. The summed E-state index contributed by atoms with van der Waals surface area (Å²) in [6.45, 7) is 5.85. The Bertz CT molecular complexity index is 515. The zero-order valence-electron chi connectivity index (χ0n) is 12.9. The molecule has 2 rings (SSSR count). The lowest BCUT2D eigenvalue weighted by Crippen LogP contribution is -2.40. The van der Waals surface area contributed by atoms with Crippen LogP contribution in [-0.2, 0) is 16.6 Å². The van der Waals surface area contributed by atoms with E-state index in [4.69, 9.17) is 0 Å². The van der Waals surface area contributed by atoms with E-state index in [1.807, 2.05) is 16.9 Å². The lowest BCUT2D eigenvalue weighted by molar-refractivity contribution is 0.306. The second-order valence-corrected chi connectivity index (χ2v) is 7.71. The van der Waals surface area contributed by atoms with Crippen LogP contribution in [0, 0.1) is 5.92 Å². The van der Waals surface area contributed by atoms with E-state index >= 15 is 0 Å². The predicted octanol–water partition coefficient (Wildman–Crippen LogP) is 0.923. The maximum atomic E-state index is 11.5. The van der Waals surface area contributed by atoms with E-state index in [1.165, 1.54) is 6.26 Å². The van der Waals surface area contributed by atoms with E-state index in [9.17, 15) is 8.42 Å². The van der Waals surface area contributed by atoms with Crippen molar-refractivity contribution in [3.63, 3.8) is 0 Å². The molecule has 0 saturated carbocycles. The fraction of sp³-hybridized carbons (Fsp3) is 0.786. The SMILES string of the molecule is CCC[C@@H]1CN(CCCn2cccn2)C[C@H]1NS(C)(=O)=O. The maximum Gasteiger partial charge on any atom is 0.209 e. The Balaban J connectivity index is 1.81. The zero-order chi connectivity index (χ0) is 15.3. The smallest absolute Gasteiger partial charge is 0.209 e. The largest absolute Gasteiger partial charge is 0.301 e. The van der Waals surface area contributed by atoms with Crippen LogP contribution in [0.4, 0.5) is 0 Å². The van der Waals surface area contributed by atoms with Gasteiger partial charge < -0.3 is 4.90 Å². The van der Waals surface area contributed by atoms with E-state index in [0.717, 1.165) is 45.4 Å². The minimum Gasteiger partial charge on any atom is -0.301 e. The van der Waals surface area contributed by atoms with E-state index in [1.54, 1.807) is 6.20 Å². The molecule has 2 atom stereocenters. The Labute approximate surface area is 127 Å². The molecule has 1 N–H and O–H groups in total. The predicted molar refractivity (Wildman–Crippen MR) is 83.4 cm³/mol. The van der Waals surface area contributed by atoms with Crippen LogP contribution in [0.15, 0.2) is 18.5 Å². The van der Waals surface area contributed by atoms with Crippen molar-refractivity contribution in [2.75, 3.05) is 25.9 Å². The van der Waals surface area contributed by atoms with Gasteiger partial charge in [0.25, 0.3) is 0 Å². The Morgan fingerprint density at radius 1 is 1.33 bits per heavy atom. The van der Waals surface area contributed by atoms with Gasteiger partial charge in [0.2, 0.25) is 10.0 Å². The highest BCUT2D eigenvalue weighted by Crippen LogP contribution is 2.22. The van der Waals surface area contributed by atoms with Gasteiger partial charge in [-0.3, -0.25) is 4.68 Å². The summed E-state index contributed by atoms with van der Waals surface area (Å²) in [5.41, 5.74) is 0. The van der Waals surface area contributed by atoms with Gasteiger partial charge in [-0.25, -0.2) is 13.1 Å². The van der Waals surface area contributed by atoms with Crippen molar-refractivity contribution in [1.29, 1.82) is 0 Å². The highest BCUT2D eigenvalue weighted by atomic mass is 32.2. The average Bonchev–Trinajstić information content (AvgIpc) is 2.99. The van der Waals surface area contributed by atoms with Gasteiger partial charge >= 0.3 is 0 Å². The second-order valence-electron chi connectivity index (χ2n) is 5.93. The second kappa shape index (κ2) is 7.38. The molecule has 0 spiro atoms. The summed E-state index contributed by atoms with van der Waals surface area (Å²) in [6, 6.07) is 1.99. The summed E-state index contributed by atoms with van der Waals surface area (Å²) < 4.78 is 27.7. The number of rotatable bonds is 8. The molecule has 2 heterocycles. The molecule has 1 aromatic rings. The molecule has 0 bridgehead atoms. The van der Waals surface area contributed by atoms with Gasteiger partial charge in [0, 0.05) is 38.1 Å². The number of hydrogen-bond acceptors (Lipinski definition) is 4. The highest BCUT2D eigenvalue weighted by molar-refractivity contribution is 7.88. The first-order chi connectivity index (χ1) is 9.98. The number of aryl methyl sites for hydroxylation is 1. The lowest BCUT2D eigenvalue weighted by Gasteiger charge is -2.17. The topological polar surface area (TPSA) is 67.2 Å². The van der Waals surface area contributed by atoms with Gasteiger partial charge in [0.05, 0.1) is 6.26 Å². The number of aromatic nitrogens is 2. The number of hydrogen-bond donors (Lipinski definition) is 1. The number of likely N-dealkylation sites (tertiary alicyclic amines) is 1. The molecule has 0 unspecified atom stereocenters. The molecule has 1 aromatic heterocycles. The molecule has 0 aliphatic carbocycles. The van der Waals surface area contributed by atoms with Crippen molar-refractivity contribution in [2.45, 2.75) is 38.8 Å². The minimum atomic E-state index is -3.13. The van der Waals surface area contributed by atoms with Crippen molar-refractivity contribution in [2.24, 2.45) is 5.92 Å². The van der Waals surface area contributed by atoms with Gasteiger partial charge in [-0.2, -0.15) is 5.10 Å². The first-order valence-electron chi connectivity index (χ1n) is 7.65. The molecule has 0 radical (unpaired) electrons. The molecule has 0 aromatic carbocycles. The molecular formula is C14H26N4O2S. The van der Waals surface area contributed by atoms with Crippen LogP contribution in [0.5, 0.6) is 0 Å². The van der Waals surface area contributed by atoms with Gasteiger partial charge in [-0.15, -0.1) is 0 Å². The van der Waals surface area contributed by atoms with E-state index < -0.39 is 10.0 Å². The van der Waals surface area contributed by atoms with E-state index in [-0.39, 0.29) is 6.04 Å². The summed E-state index contributed by atoms with van der Waals surface area (Å²) in [5.74, 6) is 0.425. The standard InChI is InChI=1S/C14H26N4O2S/c1-3-6-13-11-17(12-14(13)16-21(2,19)20)8-5-10-18-9-4-7-15-18/h4,7,9,13-14,16H,3,5-6,8,10-12H2,1-2H3/t13-,14-/m1/s1. The zero-order valence-corrected chi connectivity index (χ0v) is 13.7. The van der Waals surface area contributed by atoms with Crippen LogP contribution in [0.25, 0.3) is 0 Å². The number of nitrogens with zero attached hydrogens (tertiary/aromatic N) is 3. The van der Waals surface area contributed by atoms with Gasteiger partial charge in [0.1, 0.15) is 0 Å². The molecule has 1 saturated heterocycles. The quantitative estimate of drug-likeness (QED) is 0.775. The first kappa shape index (κ1) is 16.5. The van der Waals surface area contributed by atoms with Crippen LogP contribution in [0.1, 0.15) is 26.2 Å². The molecule has 1 aliphatic heterocycles. The van der Waals surface area contributed by atoms with Crippen LogP contribution >= 0.6 is 0 Å². The normalized spacial score (nSPS) is 23.7. The summed E-state index contributed by atoms with van der Waals surface area (Å²) >= 11 is 0. The fourth-order valence-corrected chi connectivity index (χ4v) is 3.92. The fourth-order valence-electron chi connectivity index (χ4n) is 3.10. The van der Waals surface area contributed by atoms with Gasteiger partial charge in [-0.1, -0.05) is 13.3 Å². The van der Waals surface area contributed by atoms with Crippen molar-refractivity contribution in [1.82, 2.24) is 19.4 Å². The number of nitrogens with one attached hydrogen (secondary N) is 1. The summed E-state index contributed by atoms with van der Waals surface area (Å²) in [5, 5.41) is 4.19. The Kier molecular flexibility index (Phi) is 5.78. The third-order valence-corrected chi connectivity index (χ3v) is 4.69. The Hall–Kier alpha value is -0.920. The lowest BCUT2D eigenvalue weighted by atomic mass is 9.99. The Morgan fingerprint density at radius 3 is 2.76 bits per heavy atom. The third kappa shape index (κ3) is 5.41. The van der Waals surface area contributed by atoms with Crippen molar-refractivity contribution in [3.05, 3.63) is 18.5 Å². The van der Waals surface area contributed by atoms with E-state index in [2.05, 4.69) is 21.6 Å². The highest BCUT2D eigenvalue weighted by Gasteiger charge is 2.33. The molecule has 7 heteroatoms. The molecule has 1 aliphatic rings. The monoisotopic (exact) mass is 314 g/mol. The van der Waals surface area contributed by atoms with Crippen LogP contribution in [0.2, 0.25) is 0 Å². The third-order valence-electron chi connectivity index (χ3n) is 3.96. The van der Waals surface area contributed by atoms with Gasteiger partial charge in [-0.05, 0) is 31.4 Å². The van der Waals surface area contributed by atoms with Gasteiger partial charge in [0.15, 0.2) is 0 Å². The maximum absolute atomic E-state index is 11.5. The van der Waals surface area contributed by atoms with E-state index in [0.29, 0.717) is 5.92 Å². The Morgan fingerprint density at radius 2 is 2.14 bits per heavy atom. The van der Waals surface area contributed by atoms with Crippen molar-refractivity contribution in [3.8, 4) is 0 Å². The molecule has 21 heavy (non-hydrogen) atoms. The number of sulfonamides is 1. The average molecular weight is 314 g/mol. The summed E-state index contributed by atoms with van der Waals surface area (Å²) in [7, 11) is -3.13. The van der Waals surface area contributed by atoms with Crippen molar-refractivity contribution >= 4 is 10.0 Å². The van der Waals surface area contributed by atoms with Crippen molar-refractivity contribution < 1.29 is 8.42 Å². The summed E-state index contributed by atoms with van der Waals surface area (Å²) in [6.07, 6.45) is 8.20. The van der Waals surface area contributed by atoms with Crippen LogP contribution in [-0.4, -0.2) is 55.0 Å². The summed E-state index contributed by atoms with van der Waals surface area (Å²) in [4.78, 5) is 2.37. The molecule has 0 amide bonds. The molecular weight excluding hydrogens is 288 g/mol. The minimum absolute atomic E-state index is 0.0599.